The van der Waals surface area contributed by atoms with Gasteiger partial charge in [-0.05, 0) is 49.5 Å². The Morgan fingerprint density at radius 3 is 3.00 bits per heavy atom. The maximum absolute atomic E-state index is 5.71. The van der Waals surface area contributed by atoms with E-state index in [4.69, 9.17) is 4.74 Å². The Balaban J connectivity index is 1.60. The molecule has 0 aromatic heterocycles. The maximum Gasteiger partial charge on any atom is 0.308 e. The first-order chi connectivity index (χ1) is 10.4. The Labute approximate surface area is 131 Å². The van der Waals surface area contributed by atoms with Gasteiger partial charge in [-0.2, -0.15) is 0 Å². The summed E-state index contributed by atoms with van der Waals surface area (Å²) in [6.45, 7) is 3.74. The van der Waals surface area contributed by atoms with Crippen molar-refractivity contribution >= 4 is 22.6 Å². The van der Waals surface area contributed by atoms with E-state index in [2.05, 4.69) is 34.0 Å². The van der Waals surface area contributed by atoms with E-state index in [-0.39, 0.29) is 0 Å². The van der Waals surface area contributed by atoms with Crippen LogP contribution in [-0.4, -0.2) is 43.8 Å². The second kappa shape index (κ2) is 9.82. The van der Waals surface area contributed by atoms with Crippen LogP contribution in [0.4, 0.5) is 5.69 Å². The Morgan fingerprint density at radius 2 is 2.29 bits per heavy atom. The molecule has 0 saturated carbocycles. The smallest absolute Gasteiger partial charge is 0.308 e. The van der Waals surface area contributed by atoms with Crippen LogP contribution < -0.4 is 15.6 Å². The number of hydrogen-bond donors (Lipinski definition) is 3. The van der Waals surface area contributed by atoms with E-state index in [0.29, 0.717) is 6.04 Å². The second-order valence-electron chi connectivity index (χ2n) is 5.17. The van der Waals surface area contributed by atoms with E-state index >= 15 is 0 Å². The van der Waals surface area contributed by atoms with Gasteiger partial charge in [0, 0.05) is 12.5 Å². The Kier molecular flexibility index (Phi) is 7.63. The van der Waals surface area contributed by atoms with Gasteiger partial charge >= 0.3 is 5.17 Å². The van der Waals surface area contributed by atoms with Crippen LogP contribution in [0, 0.1) is 0 Å². The van der Waals surface area contributed by atoms with Crippen molar-refractivity contribution in [1.82, 2.24) is 5.32 Å². The van der Waals surface area contributed by atoms with Gasteiger partial charge in [-0.15, -0.1) is 0 Å². The Hall–Kier alpha value is -1.04. The Morgan fingerprint density at radius 1 is 1.43 bits per heavy atom. The van der Waals surface area contributed by atoms with Crippen molar-refractivity contribution in [3.05, 3.63) is 30.3 Å². The summed E-state index contributed by atoms with van der Waals surface area (Å²) in [5, 5.41) is 7.91. The Bertz CT molecular complexity index is 419. The minimum absolute atomic E-state index is 0.575. The van der Waals surface area contributed by atoms with Crippen molar-refractivity contribution in [2.45, 2.75) is 25.3 Å². The van der Waals surface area contributed by atoms with Crippen LogP contribution in [-0.2, 0) is 4.74 Å². The van der Waals surface area contributed by atoms with Gasteiger partial charge in [-0.25, -0.2) is 5.32 Å². The third-order valence-electron chi connectivity index (χ3n) is 3.47. The predicted molar refractivity (Wildman–Crippen MR) is 90.9 cm³/mol. The molecule has 0 radical (unpaired) electrons. The highest BCUT2D eigenvalue weighted by atomic mass is 32.2. The second-order valence-corrected chi connectivity index (χ2v) is 5.99. The topological polar surface area (TPSA) is 47.3 Å². The summed E-state index contributed by atoms with van der Waals surface area (Å²) in [6.07, 6.45) is 5.63. The van der Waals surface area contributed by atoms with E-state index in [9.17, 15) is 0 Å². The lowest BCUT2D eigenvalue weighted by atomic mass is 10.2. The molecule has 0 amide bonds. The average Bonchev–Trinajstić information content (AvgIpc) is 3.04. The lowest BCUT2D eigenvalue weighted by molar-refractivity contribution is -0.455. The number of nitrogens with one attached hydrogen (secondary N) is 3. The summed E-state index contributed by atoms with van der Waals surface area (Å²) in [5.74, 6) is 0. The molecule has 5 heteroatoms. The van der Waals surface area contributed by atoms with E-state index in [1.165, 1.54) is 12.8 Å². The molecule has 0 aliphatic carbocycles. The van der Waals surface area contributed by atoms with E-state index in [0.717, 1.165) is 43.6 Å². The molecular weight excluding hydrogens is 282 g/mol. The van der Waals surface area contributed by atoms with Crippen LogP contribution in [0.5, 0.6) is 0 Å². The van der Waals surface area contributed by atoms with Gasteiger partial charge in [0.05, 0.1) is 19.8 Å². The predicted octanol–water partition coefficient (Wildman–Crippen LogP) is 1.06. The van der Waals surface area contributed by atoms with Crippen LogP contribution in [0.3, 0.4) is 0 Å². The number of amidine groups is 1. The molecule has 0 bridgehead atoms. The highest BCUT2D eigenvalue weighted by Crippen LogP contribution is 2.06. The van der Waals surface area contributed by atoms with Crippen LogP contribution in [0.15, 0.2) is 30.3 Å². The number of ether oxygens (including phenoxy) is 1. The first-order valence-electron chi connectivity index (χ1n) is 7.66. The van der Waals surface area contributed by atoms with Crippen LogP contribution in [0.2, 0.25) is 0 Å². The van der Waals surface area contributed by atoms with Crippen LogP contribution in [0.25, 0.3) is 0 Å². The lowest BCUT2D eigenvalue weighted by Crippen LogP contribution is -2.74. The first kappa shape index (κ1) is 16.3. The third-order valence-corrected chi connectivity index (χ3v) is 4.12. The summed E-state index contributed by atoms with van der Waals surface area (Å²) in [7, 11) is 0. The number of hydrogen-bond acceptors (Lipinski definition) is 3. The number of thioether (sulfide) groups is 1. The van der Waals surface area contributed by atoms with E-state index in [1.807, 2.05) is 18.2 Å². The van der Waals surface area contributed by atoms with Crippen LogP contribution >= 0.6 is 11.8 Å². The van der Waals surface area contributed by atoms with Gasteiger partial charge in [0.2, 0.25) is 0 Å². The number of benzene rings is 1. The highest BCUT2D eigenvalue weighted by molar-refractivity contribution is 8.13. The molecule has 0 spiro atoms. The van der Waals surface area contributed by atoms with Gasteiger partial charge in [-0.3, -0.25) is 4.99 Å². The molecular formula is C16H26N3OS+. The van der Waals surface area contributed by atoms with Crippen molar-refractivity contribution in [3.8, 4) is 0 Å². The van der Waals surface area contributed by atoms with Gasteiger partial charge < -0.3 is 10.1 Å². The SMILES string of the molecule is CSC(Nc1ccccc1)=[NH+]CCCOC[C@@H]1CCCN1. The fraction of sp³-hybridized carbons (Fsp3) is 0.562. The fourth-order valence-electron chi connectivity index (χ4n) is 2.32. The summed E-state index contributed by atoms with van der Waals surface area (Å²) in [4.78, 5) is 3.42. The van der Waals surface area contributed by atoms with Gasteiger partial charge in [-0.1, -0.05) is 18.2 Å². The molecule has 116 valence electrons. The molecule has 1 fully saturated rings. The molecule has 1 aliphatic rings. The molecule has 1 aromatic carbocycles. The zero-order valence-corrected chi connectivity index (χ0v) is 13.5. The minimum Gasteiger partial charge on any atom is -0.380 e. The number of rotatable bonds is 7. The largest absolute Gasteiger partial charge is 0.380 e. The van der Waals surface area contributed by atoms with Gasteiger partial charge in [0.15, 0.2) is 0 Å². The molecule has 2 rings (SSSR count). The zero-order chi connectivity index (χ0) is 14.8. The quantitative estimate of drug-likeness (QED) is 0.400. The van der Waals surface area contributed by atoms with E-state index in [1.54, 1.807) is 11.8 Å². The molecule has 1 heterocycles. The van der Waals surface area contributed by atoms with Gasteiger partial charge in [0.25, 0.3) is 0 Å². The monoisotopic (exact) mass is 308 g/mol. The van der Waals surface area contributed by atoms with Crippen molar-refractivity contribution in [2.24, 2.45) is 0 Å². The van der Waals surface area contributed by atoms with Gasteiger partial charge in [0.1, 0.15) is 5.69 Å². The molecule has 3 N–H and O–H groups in total. The molecule has 1 aliphatic heterocycles. The highest BCUT2D eigenvalue weighted by Gasteiger charge is 2.13. The minimum atomic E-state index is 0.575. The summed E-state index contributed by atoms with van der Waals surface area (Å²) >= 11 is 1.69. The van der Waals surface area contributed by atoms with Crippen LogP contribution in [0.1, 0.15) is 19.3 Å². The molecule has 0 unspecified atom stereocenters. The molecule has 4 nitrogen and oxygen atoms in total. The molecule has 1 aromatic rings. The summed E-state index contributed by atoms with van der Waals surface area (Å²) in [5.41, 5.74) is 1.11. The number of anilines is 1. The summed E-state index contributed by atoms with van der Waals surface area (Å²) < 4.78 is 5.71. The zero-order valence-electron chi connectivity index (χ0n) is 12.7. The fourth-order valence-corrected chi connectivity index (χ4v) is 2.79. The van der Waals surface area contributed by atoms with Crippen molar-refractivity contribution in [2.75, 3.05) is 37.9 Å². The lowest BCUT2D eigenvalue weighted by Gasteiger charge is -2.09. The standard InChI is InChI=1S/C16H25N3OS/c1-21-16(19-14-7-3-2-4-8-14)18-11-6-12-20-13-15-9-5-10-17-15/h2-4,7-8,15,17H,5-6,9-13H2,1H3,(H,18,19)/p+1/t15-/m0/s1. The average molecular weight is 308 g/mol. The van der Waals surface area contributed by atoms with E-state index < -0.39 is 0 Å². The maximum atomic E-state index is 5.71. The number of para-hydroxylation sites is 1. The molecule has 21 heavy (non-hydrogen) atoms. The van der Waals surface area contributed by atoms with Crippen molar-refractivity contribution < 1.29 is 9.73 Å². The van der Waals surface area contributed by atoms with Crippen molar-refractivity contribution in [1.29, 1.82) is 0 Å². The first-order valence-corrected chi connectivity index (χ1v) is 8.89. The molecule has 1 saturated heterocycles. The third kappa shape index (κ3) is 6.50. The van der Waals surface area contributed by atoms with Crippen molar-refractivity contribution in [3.63, 3.8) is 0 Å². The molecule has 1 atom stereocenters. The normalized spacial score (nSPS) is 18.9. The summed E-state index contributed by atoms with van der Waals surface area (Å²) in [6, 6.07) is 10.8.